The molecular formula is C23H28N2O3. The summed E-state index contributed by atoms with van der Waals surface area (Å²) in [5.74, 6) is 0.828. The molecule has 0 saturated carbocycles. The number of carbonyl (C=O) groups is 1. The van der Waals surface area contributed by atoms with Gasteiger partial charge in [0.2, 0.25) is 5.91 Å². The summed E-state index contributed by atoms with van der Waals surface area (Å²) in [5.41, 5.74) is 3.43. The molecule has 148 valence electrons. The fraction of sp³-hybridized carbons (Fsp3) is 0.348. The third kappa shape index (κ3) is 4.54. The zero-order valence-corrected chi connectivity index (χ0v) is 16.8. The van der Waals surface area contributed by atoms with E-state index in [0.29, 0.717) is 19.6 Å². The molecule has 0 aliphatic rings. The summed E-state index contributed by atoms with van der Waals surface area (Å²) in [6, 6.07) is 16.3. The molecule has 0 radical (unpaired) electrons. The second-order valence-electron chi connectivity index (χ2n) is 6.94. The van der Waals surface area contributed by atoms with Gasteiger partial charge in [-0.05, 0) is 35.7 Å². The number of nitrogens with one attached hydrogen (secondary N) is 1. The van der Waals surface area contributed by atoms with Gasteiger partial charge in [-0.15, -0.1) is 0 Å². The van der Waals surface area contributed by atoms with Gasteiger partial charge in [-0.1, -0.05) is 30.3 Å². The summed E-state index contributed by atoms with van der Waals surface area (Å²) < 4.78 is 12.5. The molecule has 1 unspecified atom stereocenters. The smallest absolute Gasteiger partial charge is 0.220 e. The molecule has 0 spiro atoms. The van der Waals surface area contributed by atoms with Gasteiger partial charge in [0, 0.05) is 56.7 Å². The molecule has 0 bridgehead atoms. The third-order valence-electron chi connectivity index (χ3n) is 5.06. The summed E-state index contributed by atoms with van der Waals surface area (Å²) >= 11 is 0. The molecule has 0 fully saturated rings. The first-order valence-corrected chi connectivity index (χ1v) is 9.57. The van der Waals surface area contributed by atoms with Gasteiger partial charge in [0.05, 0.1) is 7.11 Å². The van der Waals surface area contributed by atoms with E-state index < -0.39 is 0 Å². The van der Waals surface area contributed by atoms with Crippen LogP contribution in [0.1, 0.15) is 29.9 Å². The maximum atomic E-state index is 12.6. The van der Waals surface area contributed by atoms with Gasteiger partial charge in [0.25, 0.3) is 0 Å². The Kier molecular flexibility index (Phi) is 6.71. The van der Waals surface area contributed by atoms with Crippen LogP contribution in [0.3, 0.4) is 0 Å². The number of aromatic nitrogens is 1. The number of rotatable bonds is 9. The Hall–Kier alpha value is -2.79. The predicted molar refractivity (Wildman–Crippen MR) is 112 cm³/mol. The Morgan fingerprint density at radius 2 is 1.86 bits per heavy atom. The fourth-order valence-corrected chi connectivity index (χ4v) is 3.60. The van der Waals surface area contributed by atoms with Crippen molar-refractivity contribution in [3.63, 3.8) is 0 Å². The molecule has 1 amide bonds. The van der Waals surface area contributed by atoms with E-state index in [2.05, 4.69) is 28.2 Å². The summed E-state index contributed by atoms with van der Waals surface area (Å²) in [7, 11) is 5.37. The lowest BCUT2D eigenvalue weighted by Crippen LogP contribution is -2.27. The minimum atomic E-state index is -0.0283. The number of ether oxygens (including phenoxy) is 2. The highest BCUT2D eigenvalue weighted by molar-refractivity contribution is 5.86. The van der Waals surface area contributed by atoms with Crippen LogP contribution in [0.4, 0.5) is 0 Å². The maximum absolute atomic E-state index is 12.6. The normalized spacial score (nSPS) is 12.1. The fourth-order valence-electron chi connectivity index (χ4n) is 3.60. The molecule has 0 aliphatic heterocycles. The standard InChI is InChI=1S/C23H28N2O3/c1-25-16-21(19-7-4-5-8-22(19)25)20(15-23(26)24-13-6-14-27-2)17-9-11-18(28-3)12-10-17/h4-5,7-12,16,20H,6,13-15H2,1-3H3,(H,24,26). The van der Waals surface area contributed by atoms with Crippen LogP contribution in [0.2, 0.25) is 0 Å². The van der Waals surface area contributed by atoms with Crippen LogP contribution in [0, 0.1) is 0 Å². The highest BCUT2D eigenvalue weighted by Gasteiger charge is 2.22. The molecule has 5 heteroatoms. The summed E-state index contributed by atoms with van der Waals surface area (Å²) in [5, 5.41) is 4.19. The van der Waals surface area contributed by atoms with Crippen molar-refractivity contribution in [1.29, 1.82) is 0 Å². The number of benzene rings is 2. The summed E-state index contributed by atoms with van der Waals surface area (Å²) in [6.07, 6.45) is 3.34. The van der Waals surface area contributed by atoms with Crippen molar-refractivity contribution in [2.45, 2.75) is 18.8 Å². The quantitative estimate of drug-likeness (QED) is 0.574. The van der Waals surface area contributed by atoms with Gasteiger partial charge in [0.1, 0.15) is 5.75 Å². The summed E-state index contributed by atoms with van der Waals surface area (Å²) in [4.78, 5) is 12.6. The molecule has 0 aliphatic carbocycles. The average molecular weight is 380 g/mol. The first kappa shape index (κ1) is 20.0. The van der Waals surface area contributed by atoms with E-state index in [4.69, 9.17) is 9.47 Å². The predicted octanol–water partition coefficient (Wildman–Crippen LogP) is 3.86. The number of hydrogen-bond donors (Lipinski definition) is 1. The highest BCUT2D eigenvalue weighted by atomic mass is 16.5. The summed E-state index contributed by atoms with van der Waals surface area (Å²) in [6.45, 7) is 1.27. The van der Waals surface area contributed by atoms with Crippen LogP contribution in [0.15, 0.2) is 54.7 Å². The number of amides is 1. The Morgan fingerprint density at radius 1 is 1.11 bits per heavy atom. The first-order valence-electron chi connectivity index (χ1n) is 9.57. The van der Waals surface area contributed by atoms with Crippen molar-refractivity contribution in [3.05, 3.63) is 65.9 Å². The first-order chi connectivity index (χ1) is 13.6. The van der Waals surface area contributed by atoms with Crippen LogP contribution >= 0.6 is 0 Å². The second kappa shape index (κ2) is 9.42. The molecule has 3 aromatic rings. The maximum Gasteiger partial charge on any atom is 0.220 e. The lowest BCUT2D eigenvalue weighted by atomic mass is 9.88. The number of hydrogen-bond acceptors (Lipinski definition) is 3. The molecule has 1 N–H and O–H groups in total. The van der Waals surface area contributed by atoms with Crippen LogP contribution in [-0.4, -0.2) is 37.8 Å². The van der Waals surface area contributed by atoms with E-state index in [1.54, 1.807) is 14.2 Å². The van der Waals surface area contributed by atoms with Crippen molar-refractivity contribution in [1.82, 2.24) is 9.88 Å². The van der Waals surface area contributed by atoms with E-state index in [9.17, 15) is 4.79 Å². The van der Waals surface area contributed by atoms with Gasteiger partial charge in [-0.2, -0.15) is 0 Å². The number of methoxy groups -OCH3 is 2. The van der Waals surface area contributed by atoms with E-state index in [-0.39, 0.29) is 11.8 Å². The molecule has 1 atom stereocenters. The zero-order chi connectivity index (χ0) is 19.9. The van der Waals surface area contributed by atoms with Gasteiger partial charge >= 0.3 is 0 Å². The van der Waals surface area contributed by atoms with Crippen molar-refractivity contribution >= 4 is 16.8 Å². The molecule has 2 aromatic carbocycles. The highest BCUT2D eigenvalue weighted by Crippen LogP contribution is 2.35. The molecule has 5 nitrogen and oxygen atoms in total. The molecule has 3 rings (SSSR count). The van der Waals surface area contributed by atoms with Crippen LogP contribution in [0.5, 0.6) is 5.75 Å². The van der Waals surface area contributed by atoms with E-state index in [1.807, 2.05) is 43.4 Å². The van der Waals surface area contributed by atoms with Crippen molar-refractivity contribution in [2.24, 2.45) is 7.05 Å². The lowest BCUT2D eigenvalue weighted by molar-refractivity contribution is -0.121. The zero-order valence-electron chi connectivity index (χ0n) is 16.8. The minimum Gasteiger partial charge on any atom is -0.497 e. The minimum absolute atomic E-state index is 0.0283. The number of fused-ring (bicyclic) bond motifs is 1. The number of carbonyl (C=O) groups excluding carboxylic acids is 1. The Labute approximate surface area is 166 Å². The third-order valence-corrected chi connectivity index (χ3v) is 5.06. The molecule has 1 heterocycles. The molecular weight excluding hydrogens is 352 g/mol. The lowest BCUT2D eigenvalue weighted by Gasteiger charge is -2.18. The Balaban J connectivity index is 1.90. The van der Waals surface area contributed by atoms with Crippen LogP contribution in [-0.2, 0) is 16.6 Å². The van der Waals surface area contributed by atoms with Crippen molar-refractivity contribution in [2.75, 3.05) is 27.4 Å². The number of nitrogens with zero attached hydrogens (tertiary/aromatic N) is 1. The molecule has 1 aromatic heterocycles. The van der Waals surface area contributed by atoms with Gasteiger partial charge in [0.15, 0.2) is 0 Å². The largest absolute Gasteiger partial charge is 0.497 e. The van der Waals surface area contributed by atoms with Gasteiger partial charge < -0.3 is 19.4 Å². The second-order valence-corrected chi connectivity index (χ2v) is 6.94. The topological polar surface area (TPSA) is 52.5 Å². The van der Waals surface area contributed by atoms with Gasteiger partial charge in [-0.25, -0.2) is 0 Å². The van der Waals surface area contributed by atoms with E-state index >= 15 is 0 Å². The SMILES string of the molecule is COCCCNC(=O)CC(c1ccc(OC)cc1)c1cn(C)c2ccccc12. The van der Waals surface area contributed by atoms with Crippen molar-refractivity contribution < 1.29 is 14.3 Å². The Morgan fingerprint density at radius 3 is 2.57 bits per heavy atom. The van der Waals surface area contributed by atoms with Crippen molar-refractivity contribution in [3.8, 4) is 5.75 Å². The number of para-hydroxylation sites is 1. The van der Waals surface area contributed by atoms with E-state index in [1.165, 1.54) is 5.39 Å². The van der Waals surface area contributed by atoms with Crippen LogP contribution in [0.25, 0.3) is 10.9 Å². The Bertz CT molecular complexity index is 915. The van der Waals surface area contributed by atoms with Gasteiger partial charge in [-0.3, -0.25) is 4.79 Å². The average Bonchev–Trinajstić information content (AvgIpc) is 3.06. The molecule has 28 heavy (non-hydrogen) atoms. The number of aryl methyl sites for hydroxylation is 1. The monoisotopic (exact) mass is 380 g/mol. The molecule has 0 saturated heterocycles. The van der Waals surface area contributed by atoms with E-state index in [0.717, 1.165) is 28.8 Å². The van der Waals surface area contributed by atoms with Crippen LogP contribution < -0.4 is 10.1 Å².